The summed E-state index contributed by atoms with van der Waals surface area (Å²) in [6.45, 7) is 2.70. The lowest BCUT2D eigenvalue weighted by Gasteiger charge is -2.12. The van der Waals surface area contributed by atoms with Gasteiger partial charge in [-0.15, -0.1) is 0 Å². The third-order valence-electron chi connectivity index (χ3n) is 2.31. The molecule has 1 aromatic carbocycles. The number of aliphatic hydroxyl groups excluding tert-OH is 2. The van der Waals surface area contributed by atoms with E-state index < -0.39 is 6.10 Å². The number of hydrogen-bond donors (Lipinski definition) is 3. The van der Waals surface area contributed by atoms with Crippen LogP contribution in [0, 0.1) is 5.82 Å². The van der Waals surface area contributed by atoms with Crippen LogP contribution < -0.4 is 5.32 Å². The molecule has 3 nitrogen and oxygen atoms in total. The molecule has 0 heterocycles. The molecule has 2 atom stereocenters. The molecule has 0 fully saturated rings. The van der Waals surface area contributed by atoms with Gasteiger partial charge < -0.3 is 15.5 Å². The summed E-state index contributed by atoms with van der Waals surface area (Å²) in [7, 11) is 0. The first-order valence-electron chi connectivity index (χ1n) is 5.42. The van der Waals surface area contributed by atoms with Crippen LogP contribution in [0.25, 0.3) is 0 Å². The van der Waals surface area contributed by atoms with E-state index in [1.54, 1.807) is 19.1 Å². The van der Waals surface area contributed by atoms with Crippen LogP contribution in [-0.4, -0.2) is 29.4 Å². The van der Waals surface area contributed by atoms with Crippen LogP contribution in [0.15, 0.2) is 24.3 Å². The van der Waals surface area contributed by atoms with Gasteiger partial charge in [-0.2, -0.15) is 0 Å². The molecule has 0 aliphatic carbocycles. The molecule has 0 aromatic heterocycles. The molecule has 3 N–H and O–H groups in total. The fourth-order valence-electron chi connectivity index (χ4n) is 1.38. The highest BCUT2D eigenvalue weighted by Crippen LogP contribution is 2.12. The molecule has 0 saturated heterocycles. The maximum absolute atomic E-state index is 12.9. The molecular weight excluding hydrogens is 209 g/mol. The maximum atomic E-state index is 12.9. The average Bonchev–Trinajstić information content (AvgIpc) is 2.24. The van der Waals surface area contributed by atoms with Crippen molar-refractivity contribution in [1.29, 1.82) is 0 Å². The second-order valence-electron chi connectivity index (χ2n) is 3.91. The minimum absolute atomic E-state index is 0.347. The summed E-state index contributed by atoms with van der Waals surface area (Å²) in [5.74, 6) is -0.347. The van der Waals surface area contributed by atoms with Crippen LogP contribution in [0.1, 0.15) is 25.0 Å². The van der Waals surface area contributed by atoms with Crippen molar-refractivity contribution in [2.24, 2.45) is 0 Å². The van der Waals surface area contributed by atoms with Crippen LogP contribution in [-0.2, 0) is 0 Å². The molecule has 16 heavy (non-hydrogen) atoms. The van der Waals surface area contributed by atoms with Crippen molar-refractivity contribution < 1.29 is 14.6 Å². The SMILES string of the molecule is CC(O)CCNCC(O)c1cccc(F)c1. The van der Waals surface area contributed by atoms with Gasteiger partial charge in [0.2, 0.25) is 0 Å². The number of halogens is 1. The predicted octanol–water partition coefficient (Wildman–Crippen LogP) is 1.22. The van der Waals surface area contributed by atoms with Gasteiger partial charge in [-0.05, 0) is 37.6 Å². The highest BCUT2D eigenvalue weighted by Gasteiger charge is 2.07. The minimum atomic E-state index is -0.718. The van der Waals surface area contributed by atoms with Gasteiger partial charge in [-0.1, -0.05) is 12.1 Å². The lowest BCUT2D eigenvalue weighted by Crippen LogP contribution is -2.24. The normalized spacial score (nSPS) is 14.8. The number of aliphatic hydroxyl groups is 2. The highest BCUT2D eigenvalue weighted by molar-refractivity contribution is 5.18. The molecule has 0 bridgehead atoms. The van der Waals surface area contributed by atoms with Gasteiger partial charge in [0.05, 0.1) is 12.2 Å². The number of benzene rings is 1. The molecular formula is C12H18FNO2. The Balaban J connectivity index is 2.32. The van der Waals surface area contributed by atoms with Crippen LogP contribution in [0.2, 0.25) is 0 Å². The zero-order chi connectivity index (χ0) is 12.0. The Morgan fingerprint density at radius 3 is 2.75 bits per heavy atom. The van der Waals surface area contributed by atoms with Crippen molar-refractivity contribution in [3.63, 3.8) is 0 Å². The number of nitrogens with one attached hydrogen (secondary N) is 1. The van der Waals surface area contributed by atoms with Gasteiger partial charge in [0.1, 0.15) is 5.82 Å². The summed E-state index contributed by atoms with van der Waals surface area (Å²) in [5.41, 5.74) is 0.560. The van der Waals surface area contributed by atoms with Crippen LogP contribution in [0.5, 0.6) is 0 Å². The number of rotatable bonds is 6. The quantitative estimate of drug-likeness (QED) is 0.640. The monoisotopic (exact) mass is 227 g/mol. The molecule has 1 rings (SSSR count). The van der Waals surface area contributed by atoms with Gasteiger partial charge >= 0.3 is 0 Å². The maximum Gasteiger partial charge on any atom is 0.123 e. The van der Waals surface area contributed by atoms with Crippen molar-refractivity contribution in [1.82, 2.24) is 5.32 Å². The molecule has 0 spiro atoms. The fourth-order valence-corrected chi connectivity index (χ4v) is 1.38. The highest BCUT2D eigenvalue weighted by atomic mass is 19.1. The van der Waals surface area contributed by atoms with Crippen LogP contribution in [0.4, 0.5) is 4.39 Å². The summed E-state index contributed by atoms with van der Waals surface area (Å²) < 4.78 is 12.9. The van der Waals surface area contributed by atoms with Gasteiger partial charge in [0, 0.05) is 6.54 Å². The largest absolute Gasteiger partial charge is 0.393 e. The van der Waals surface area contributed by atoms with Gasteiger partial charge in [0.15, 0.2) is 0 Å². The Morgan fingerprint density at radius 1 is 1.38 bits per heavy atom. The van der Waals surface area contributed by atoms with E-state index in [1.807, 2.05) is 0 Å². The van der Waals surface area contributed by atoms with E-state index >= 15 is 0 Å². The Kier molecular flexibility index (Phi) is 5.38. The Bertz CT molecular complexity index is 318. The van der Waals surface area contributed by atoms with Crippen molar-refractivity contribution >= 4 is 0 Å². The zero-order valence-electron chi connectivity index (χ0n) is 9.36. The Morgan fingerprint density at radius 2 is 2.12 bits per heavy atom. The van der Waals surface area contributed by atoms with E-state index in [4.69, 9.17) is 5.11 Å². The summed E-state index contributed by atoms with van der Waals surface area (Å²) in [5, 5.41) is 21.7. The van der Waals surface area contributed by atoms with Crippen molar-refractivity contribution in [2.45, 2.75) is 25.6 Å². The first-order valence-corrected chi connectivity index (χ1v) is 5.42. The fraction of sp³-hybridized carbons (Fsp3) is 0.500. The molecule has 2 unspecified atom stereocenters. The van der Waals surface area contributed by atoms with E-state index in [2.05, 4.69) is 5.32 Å². The molecule has 0 radical (unpaired) electrons. The van der Waals surface area contributed by atoms with E-state index in [-0.39, 0.29) is 11.9 Å². The molecule has 0 aliphatic rings. The lowest BCUT2D eigenvalue weighted by atomic mass is 10.1. The third-order valence-corrected chi connectivity index (χ3v) is 2.31. The lowest BCUT2D eigenvalue weighted by molar-refractivity contribution is 0.162. The summed E-state index contributed by atoms with van der Waals surface area (Å²) in [6.07, 6.45) is -0.431. The van der Waals surface area contributed by atoms with Crippen molar-refractivity contribution in [2.75, 3.05) is 13.1 Å². The van der Waals surface area contributed by atoms with Gasteiger partial charge in [0.25, 0.3) is 0 Å². The van der Waals surface area contributed by atoms with Crippen LogP contribution in [0.3, 0.4) is 0 Å². The standard InChI is InChI=1S/C12H18FNO2/c1-9(15)5-6-14-8-12(16)10-3-2-4-11(13)7-10/h2-4,7,9,12,14-16H,5-6,8H2,1H3. The van der Waals surface area contributed by atoms with Crippen LogP contribution >= 0.6 is 0 Å². The first kappa shape index (κ1) is 13.1. The second kappa shape index (κ2) is 6.58. The molecule has 4 heteroatoms. The van der Waals surface area contributed by atoms with E-state index in [1.165, 1.54) is 12.1 Å². The summed E-state index contributed by atoms with van der Waals surface area (Å²) in [6, 6.07) is 5.92. The first-order chi connectivity index (χ1) is 7.59. The molecule has 0 amide bonds. The van der Waals surface area contributed by atoms with Crippen molar-refractivity contribution in [3.8, 4) is 0 Å². The minimum Gasteiger partial charge on any atom is -0.393 e. The average molecular weight is 227 g/mol. The zero-order valence-corrected chi connectivity index (χ0v) is 9.36. The van der Waals surface area contributed by atoms with E-state index in [0.29, 0.717) is 25.1 Å². The molecule has 1 aromatic rings. The Hall–Kier alpha value is -0.970. The predicted molar refractivity (Wildman–Crippen MR) is 60.5 cm³/mol. The number of hydrogen-bond acceptors (Lipinski definition) is 3. The molecule has 0 saturated carbocycles. The second-order valence-corrected chi connectivity index (χ2v) is 3.91. The third kappa shape index (κ3) is 4.70. The molecule has 0 aliphatic heterocycles. The molecule has 90 valence electrons. The van der Waals surface area contributed by atoms with Gasteiger partial charge in [-0.25, -0.2) is 4.39 Å². The summed E-state index contributed by atoms with van der Waals surface area (Å²) in [4.78, 5) is 0. The smallest absolute Gasteiger partial charge is 0.123 e. The van der Waals surface area contributed by atoms with E-state index in [0.717, 1.165) is 0 Å². The topological polar surface area (TPSA) is 52.5 Å². The van der Waals surface area contributed by atoms with Gasteiger partial charge in [-0.3, -0.25) is 0 Å². The summed E-state index contributed by atoms with van der Waals surface area (Å²) >= 11 is 0. The van der Waals surface area contributed by atoms with E-state index in [9.17, 15) is 9.50 Å². The van der Waals surface area contributed by atoms with Crippen molar-refractivity contribution in [3.05, 3.63) is 35.6 Å². The Labute approximate surface area is 94.9 Å².